The second-order valence-electron chi connectivity index (χ2n) is 8.45. The Labute approximate surface area is 217 Å². The van der Waals surface area contributed by atoms with Crippen LogP contribution in [0.1, 0.15) is 44.3 Å². The van der Waals surface area contributed by atoms with Gasteiger partial charge in [-0.2, -0.15) is 5.10 Å². The van der Waals surface area contributed by atoms with E-state index in [0.29, 0.717) is 33.5 Å². The number of benzene rings is 2. The van der Waals surface area contributed by atoms with Crippen LogP contribution >= 0.6 is 23.4 Å². The van der Waals surface area contributed by atoms with Crippen molar-refractivity contribution < 1.29 is 9.59 Å². The minimum atomic E-state index is -0.278. The maximum atomic E-state index is 12.9. The number of hydrogen-bond donors (Lipinski definition) is 2. The van der Waals surface area contributed by atoms with Gasteiger partial charge >= 0.3 is 0 Å². The van der Waals surface area contributed by atoms with Crippen LogP contribution < -0.4 is 5.32 Å². The number of aryl methyl sites for hydroxylation is 1. The predicted molar refractivity (Wildman–Crippen MR) is 139 cm³/mol. The Balaban J connectivity index is 1.34. The maximum Gasteiger partial charge on any atom is 0.272 e. The van der Waals surface area contributed by atoms with Crippen molar-refractivity contribution in [2.75, 3.05) is 18.4 Å². The predicted octanol–water partition coefficient (Wildman–Crippen LogP) is 5.00. The van der Waals surface area contributed by atoms with E-state index in [9.17, 15) is 9.59 Å². The molecule has 3 heterocycles. The molecule has 0 aliphatic carbocycles. The average Bonchev–Trinajstić information content (AvgIpc) is 3.23. The highest BCUT2D eigenvalue weighted by atomic mass is 35.5. The number of carbonyl (C=O) groups is 2. The summed E-state index contributed by atoms with van der Waals surface area (Å²) in [5.41, 5.74) is 3.98. The standard InChI is InChI=1S/C26H23ClN6O2S/c1-16-13-19(32-31-16)14-18-15-23(25(35)33-11-4-12-33)30-26(29-18)36-20-9-7-17(8-10-20)28-24(34)21-5-2-3-6-22(21)27/h2-3,5-10,13,15H,4,11-12,14H2,1H3,(H,28,34)(H,31,32). The number of hydrogen-bond acceptors (Lipinski definition) is 6. The van der Waals surface area contributed by atoms with E-state index in [1.807, 2.05) is 25.1 Å². The molecular formula is C26H23ClN6O2S. The Bertz CT molecular complexity index is 1420. The van der Waals surface area contributed by atoms with Crippen LogP contribution in [0.25, 0.3) is 0 Å². The largest absolute Gasteiger partial charge is 0.337 e. The van der Waals surface area contributed by atoms with Crippen LogP contribution in [0, 0.1) is 6.92 Å². The SMILES string of the molecule is Cc1cc(Cc2cc(C(=O)N3CCC3)nc(Sc3ccc(NC(=O)c4ccccc4Cl)cc3)n2)n[nH]1. The quantitative estimate of drug-likeness (QED) is 0.334. The fraction of sp³-hybridized carbons (Fsp3) is 0.192. The number of anilines is 1. The Kier molecular flexibility index (Phi) is 7.02. The first kappa shape index (κ1) is 24.0. The molecule has 8 nitrogen and oxygen atoms in total. The van der Waals surface area contributed by atoms with Gasteiger partial charge in [0.2, 0.25) is 0 Å². The summed E-state index contributed by atoms with van der Waals surface area (Å²) >= 11 is 7.48. The third-order valence-electron chi connectivity index (χ3n) is 5.68. The van der Waals surface area contributed by atoms with Crippen LogP contribution in [0.3, 0.4) is 0 Å². The highest BCUT2D eigenvalue weighted by Crippen LogP contribution is 2.28. The zero-order chi connectivity index (χ0) is 25.1. The maximum absolute atomic E-state index is 12.9. The lowest BCUT2D eigenvalue weighted by molar-refractivity contribution is 0.0644. The summed E-state index contributed by atoms with van der Waals surface area (Å²) in [6.07, 6.45) is 1.50. The molecule has 2 N–H and O–H groups in total. The van der Waals surface area contributed by atoms with Crippen molar-refractivity contribution in [3.05, 3.63) is 94.0 Å². The molecule has 0 saturated carbocycles. The van der Waals surface area contributed by atoms with Crippen molar-refractivity contribution >= 4 is 40.9 Å². The third-order valence-corrected chi connectivity index (χ3v) is 6.88. The summed E-state index contributed by atoms with van der Waals surface area (Å²) in [6, 6.07) is 18.0. The molecule has 1 saturated heterocycles. The van der Waals surface area contributed by atoms with Crippen molar-refractivity contribution in [1.29, 1.82) is 0 Å². The van der Waals surface area contributed by atoms with Crippen molar-refractivity contribution in [3.8, 4) is 0 Å². The molecule has 1 aliphatic rings. The Hall–Kier alpha value is -3.69. The van der Waals surface area contributed by atoms with E-state index in [1.165, 1.54) is 11.8 Å². The van der Waals surface area contributed by atoms with E-state index in [4.69, 9.17) is 11.6 Å². The first-order valence-electron chi connectivity index (χ1n) is 11.5. The fourth-order valence-electron chi connectivity index (χ4n) is 3.71. The molecule has 36 heavy (non-hydrogen) atoms. The zero-order valence-corrected chi connectivity index (χ0v) is 21.1. The van der Waals surface area contributed by atoms with Gasteiger partial charge in [-0.1, -0.05) is 23.7 Å². The monoisotopic (exact) mass is 518 g/mol. The molecule has 0 atom stereocenters. The van der Waals surface area contributed by atoms with Gasteiger partial charge in [0.15, 0.2) is 5.16 Å². The molecule has 5 rings (SSSR count). The number of H-pyrrole nitrogens is 1. The number of aromatic nitrogens is 4. The highest BCUT2D eigenvalue weighted by Gasteiger charge is 2.24. The summed E-state index contributed by atoms with van der Waals surface area (Å²) < 4.78 is 0. The van der Waals surface area contributed by atoms with E-state index < -0.39 is 0 Å². The van der Waals surface area contributed by atoms with Crippen LogP contribution in [0.5, 0.6) is 0 Å². The second-order valence-corrected chi connectivity index (χ2v) is 9.90. The van der Waals surface area contributed by atoms with Crippen LogP contribution in [0.2, 0.25) is 5.02 Å². The summed E-state index contributed by atoms with van der Waals surface area (Å²) in [5.74, 6) is -0.359. The zero-order valence-electron chi connectivity index (χ0n) is 19.5. The molecular weight excluding hydrogens is 496 g/mol. The van der Waals surface area contributed by atoms with Gasteiger partial charge in [-0.25, -0.2) is 9.97 Å². The van der Waals surface area contributed by atoms with Gasteiger partial charge in [-0.05, 0) is 73.6 Å². The normalized spacial score (nSPS) is 12.8. The molecule has 2 aromatic heterocycles. The van der Waals surface area contributed by atoms with Gasteiger partial charge in [0, 0.05) is 35.8 Å². The molecule has 1 aliphatic heterocycles. The Morgan fingerprint density at radius 1 is 1.06 bits per heavy atom. The van der Waals surface area contributed by atoms with Crippen molar-refractivity contribution in [1.82, 2.24) is 25.1 Å². The summed E-state index contributed by atoms with van der Waals surface area (Å²) in [4.78, 5) is 37.3. The van der Waals surface area contributed by atoms with Crippen LogP contribution in [-0.4, -0.2) is 50.0 Å². The highest BCUT2D eigenvalue weighted by molar-refractivity contribution is 7.99. The van der Waals surface area contributed by atoms with Gasteiger partial charge in [0.1, 0.15) is 5.69 Å². The fourth-order valence-corrected chi connectivity index (χ4v) is 4.72. The number of likely N-dealkylation sites (tertiary alicyclic amines) is 1. The first-order chi connectivity index (χ1) is 17.4. The molecule has 0 radical (unpaired) electrons. The summed E-state index contributed by atoms with van der Waals surface area (Å²) in [5, 5.41) is 11.0. The topological polar surface area (TPSA) is 104 Å². The van der Waals surface area contributed by atoms with Crippen molar-refractivity contribution in [2.45, 2.75) is 29.8 Å². The first-order valence-corrected chi connectivity index (χ1v) is 12.7. The molecule has 2 aromatic carbocycles. The minimum absolute atomic E-state index is 0.0809. The van der Waals surface area contributed by atoms with Crippen LogP contribution in [0.15, 0.2) is 70.7 Å². The number of halogens is 1. The number of aromatic amines is 1. The average molecular weight is 519 g/mol. The van der Waals surface area contributed by atoms with Crippen molar-refractivity contribution in [3.63, 3.8) is 0 Å². The smallest absolute Gasteiger partial charge is 0.272 e. The van der Waals surface area contributed by atoms with E-state index >= 15 is 0 Å². The number of carbonyl (C=O) groups excluding carboxylic acids is 2. The van der Waals surface area contributed by atoms with E-state index in [0.717, 1.165) is 41.5 Å². The minimum Gasteiger partial charge on any atom is -0.337 e. The summed E-state index contributed by atoms with van der Waals surface area (Å²) in [7, 11) is 0. The van der Waals surface area contributed by atoms with Gasteiger partial charge in [0.25, 0.3) is 11.8 Å². The summed E-state index contributed by atoms with van der Waals surface area (Å²) in [6.45, 7) is 3.44. The Morgan fingerprint density at radius 3 is 2.50 bits per heavy atom. The molecule has 0 bridgehead atoms. The lowest BCUT2D eigenvalue weighted by atomic mass is 10.1. The van der Waals surface area contributed by atoms with Crippen LogP contribution in [-0.2, 0) is 6.42 Å². The van der Waals surface area contributed by atoms with Gasteiger partial charge in [-0.3, -0.25) is 14.7 Å². The molecule has 2 amide bonds. The number of nitrogens with zero attached hydrogens (tertiary/aromatic N) is 4. The van der Waals surface area contributed by atoms with E-state index in [-0.39, 0.29) is 11.8 Å². The molecule has 1 fully saturated rings. The second kappa shape index (κ2) is 10.5. The molecule has 10 heteroatoms. The van der Waals surface area contributed by atoms with Gasteiger partial charge < -0.3 is 10.2 Å². The van der Waals surface area contributed by atoms with Gasteiger partial charge in [0.05, 0.1) is 22.0 Å². The number of nitrogens with one attached hydrogen (secondary N) is 2. The third kappa shape index (κ3) is 5.58. The van der Waals surface area contributed by atoms with Gasteiger partial charge in [-0.15, -0.1) is 0 Å². The molecule has 0 unspecified atom stereocenters. The number of amides is 2. The van der Waals surface area contributed by atoms with E-state index in [2.05, 4.69) is 25.5 Å². The molecule has 0 spiro atoms. The van der Waals surface area contributed by atoms with Crippen molar-refractivity contribution in [2.24, 2.45) is 0 Å². The Morgan fingerprint density at radius 2 is 1.83 bits per heavy atom. The molecule has 182 valence electrons. The number of rotatable bonds is 7. The van der Waals surface area contributed by atoms with Crippen LogP contribution in [0.4, 0.5) is 5.69 Å². The lowest BCUT2D eigenvalue weighted by Gasteiger charge is -2.30. The lowest BCUT2D eigenvalue weighted by Crippen LogP contribution is -2.42. The molecule has 4 aromatic rings. The van der Waals surface area contributed by atoms with E-state index in [1.54, 1.807) is 47.4 Å².